The lowest BCUT2D eigenvalue weighted by Crippen LogP contribution is -2.23. The number of oxime groups is 1. The summed E-state index contributed by atoms with van der Waals surface area (Å²) in [7, 11) is -3.98. The van der Waals surface area contributed by atoms with Crippen molar-refractivity contribution in [2.45, 2.75) is 18.4 Å². The Kier molecular flexibility index (Phi) is 5.06. The quantitative estimate of drug-likeness (QED) is 0.483. The number of carbonyl (C=O) groups excluding carboxylic acids is 1. The second-order valence-corrected chi connectivity index (χ2v) is 6.39. The summed E-state index contributed by atoms with van der Waals surface area (Å²) in [4.78, 5) is 16.7. The molecule has 0 N–H and O–H groups in total. The molecule has 0 unspecified atom stereocenters. The molecule has 2 rings (SSSR count). The molecule has 22 heavy (non-hydrogen) atoms. The van der Waals surface area contributed by atoms with Crippen LogP contribution in [0.15, 0.2) is 70.7 Å². The molecule has 0 aliphatic carbocycles. The third kappa shape index (κ3) is 3.79. The molecule has 0 aromatic heterocycles. The monoisotopic (exact) mass is 317 g/mol. The first kappa shape index (κ1) is 15.9. The Bertz CT molecular complexity index is 768. The van der Waals surface area contributed by atoms with Crippen LogP contribution in [0.1, 0.15) is 12.5 Å². The van der Waals surface area contributed by atoms with Gasteiger partial charge in [0.05, 0.1) is 4.90 Å². The van der Waals surface area contributed by atoms with Crippen molar-refractivity contribution >= 4 is 20.7 Å². The smallest absolute Gasteiger partial charge is 0.241 e. The van der Waals surface area contributed by atoms with Gasteiger partial charge in [0.2, 0.25) is 14.9 Å². The summed E-state index contributed by atoms with van der Waals surface area (Å²) < 4.78 is 24.8. The van der Waals surface area contributed by atoms with E-state index in [1.807, 2.05) is 30.3 Å². The van der Waals surface area contributed by atoms with Gasteiger partial charge in [0.15, 0.2) is 5.78 Å². The van der Waals surface area contributed by atoms with Crippen LogP contribution < -0.4 is 0 Å². The number of rotatable bonds is 5. The molecule has 2 aromatic carbocycles. The number of ketones is 1. The Hall–Kier alpha value is -2.47. The molecular weight excluding hydrogens is 302 g/mol. The fraction of sp³-hybridized carbons (Fsp3) is 0.125. The van der Waals surface area contributed by atoms with E-state index in [0.717, 1.165) is 12.5 Å². The van der Waals surface area contributed by atoms with Gasteiger partial charge in [-0.2, -0.15) is 0 Å². The largest absolute Gasteiger partial charge is 0.390 e. The highest BCUT2D eigenvalue weighted by atomic mass is 32.2. The molecule has 2 aromatic rings. The predicted octanol–water partition coefficient (Wildman–Crippen LogP) is 2.58. The van der Waals surface area contributed by atoms with Crippen molar-refractivity contribution in [1.29, 1.82) is 0 Å². The molecule has 0 aliphatic rings. The average molecular weight is 317 g/mol. The van der Waals surface area contributed by atoms with Gasteiger partial charge in [-0.05, 0) is 17.7 Å². The van der Waals surface area contributed by atoms with Crippen LogP contribution in [-0.2, 0) is 26.1 Å². The van der Waals surface area contributed by atoms with Crippen molar-refractivity contribution < 1.29 is 18.0 Å². The van der Waals surface area contributed by atoms with Gasteiger partial charge in [-0.1, -0.05) is 53.7 Å². The first-order valence-corrected chi connectivity index (χ1v) is 8.05. The van der Waals surface area contributed by atoms with E-state index in [1.165, 1.54) is 12.1 Å². The Morgan fingerprint density at radius 2 is 1.55 bits per heavy atom. The summed E-state index contributed by atoms with van der Waals surface area (Å²) in [5.74, 6) is -0.670. The summed E-state index contributed by atoms with van der Waals surface area (Å²) in [5, 5.41) is 2.94. The lowest BCUT2D eigenvalue weighted by Gasteiger charge is -2.05. The van der Waals surface area contributed by atoms with Gasteiger partial charge in [-0.15, -0.1) is 0 Å². The van der Waals surface area contributed by atoms with Gasteiger partial charge < -0.3 is 4.84 Å². The zero-order valence-corrected chi connectivity index (χ0v) is 12.8. The minimum atomic E-state index is -3.98. The van der Waals surface area contributed by atoms with Crippen molar-refractivity contribution in [3.05, 3.63) is 66.2 Å². The molecular formula is C16H15NO4S. The molecule has 0 aliphatic heterocycles. The standard InChI is InChI=1S/C16H15NO4S/c1-13(18)16(17-21-12-14-8-4-2-5-9-14)22(19,20)15-10-6-3-7-11-15/h2-11H,12H2,1H3. The second-order valence-electron chi connectivity index (χ2n) is 4.53. The summed E-state index contributed by atoms with van der Waals surface area (Å²) in [6.45, 7) is 1.23. The molecule has 0 amide bonds. The maximum absolute atomic E-state index is 12.4. The normalized spacial score (nSPS) is 12.0. The van der Waals surface area contributed by atoms with Gasteiger partial charge in [0.25, 0.3) is 0 Å². The van der Waals surface area contributed by atoms with Crippen LogP contribution in [0.2, 0.25) is 0 Å². The highest BCUT2D eigenvalue weighted by molar-refractivity contribution is 8.08. The van der Waals surface area contributed by atoms with Crippen molar-refractivity contribution in [3.8, 4) is 0 Å². The fourth-order valence-corrected chi connectivity index (χ4v) is 3.02. The second kappa shape index (κ2) is 7.00. The van der Waals surface area contributed by atoms with E-state index in [9.17, 15) is 13.2 Å². The van der Waals surface area contributed by atoms with Crippen LogP contribution >= 0.6 is 0 Å². The van der Waals surface area contributed by atoms with E-state index in [2.05, 4.69) is 5.16 Å². The average Bonchev–Trinajstić information content (AvgIpc) is 2.53. The third-order valence-electron chi connectivity index (χ3n) is 2.83. The Morgan fingerprint density at radius 3 is 2.09 bits per heavy atom. The van der Waals surface area contributed by atoms with Crippen LogP contribution in [0.4, 0.5) is 0 Å². The highest BCUT2D eigenvalue weighted by Gasteiger charge is 2.27. The van der Waals surface area contributed by atoms with E-state index in [0.29, 0.717) is 0 Å². The van der Waals surface area contributed by atoms with Crippen LogP contribution in [0, 0.1) is 0 Å². The molecule has 0 atom stereocenters. The number of carbonyl (C=O) groups is 1. The summed E-state index contributed by atoms with van der Waals surface area (Å²) >= 11 is 0. The topological polar surface area (TPSA) is 72.8 Å². The van der Waals surface area contributed by atoms with Crippen LogP contribution in [0.25, 0.3) is 0 Å². The zero-order chi connectivity index (χ0) is 16.0. The van der Waals surface area contributed by atoms with Crippen molar-refractivity contribution in [2.24, 2.45) is 5.16 Å². The molecule has 0 fully saturated rings. The van der Waals surface area contributed by atoms with Gasteiger partial charge in [0, 0.05) is 6.92 Å². The Balaban J connectivity index is 2.23. The van der Waals surface area contributed by atoms with Crippen molar-refractivity contribution in [2.75, 3.05) is 0 Å². The lowest BCUT2D eigenvalue weighted by atomic mass is 10.2. The van der Waals surface area contributed by atoms with E-state index in [1.54, 1.807) is 18.2 Å². The first-order chi connectivity index (χ1) is 10.5. The Morgan fingerprint density at radius 1 is 1.00 bits per heavy atom. The zero-order valence-electron chi connectivity index (χ0n) is 12.0. The molecule has 0 bridgehead atoms. The number of nitrogens with zero attached hydrogens (tertiary/aromatic N) is 1. The molecule has 0 saturated carbocycles. The lowest BCUT2D eigenvalue weighted by molar-refractivity contribution is -0.111. The van der Waals surface area contributed by atoms with E-state index < -0.39 is 20.7 Å². The SMILES string of the molecule is CC(=O)C(=NOCc1ccccc1)S(=O)(=O)c1ccccc1. The number of sulfone groups is 1. The molecule has 0 spiro atoms. The number of hydrogen-bond acceptors (Lipinski definition) is 5. The van der Waals surface area contributed by atoms with Crippen LogP contribution in [-0.4, -0.2) is 19.2 Å². The van der Waals surface area contributed by atoms with E-state index >= 15 is 0 Å². The minimum absolute atomic E-state index is 0.00672. The van der Waals surface area contributed by atoms with Gasteiger partial charge in [-0.3, -0.25) is 4.79 Å². The van der Waals surface area contributed by atoms with Crippen molar-refractivity contribution in [3.63, 3.8) is 0 Å². The summed E-state index contributed by atoms with van der Waals surface area (Å²) in [6.07, 6.45) is 0. The molecule has 0 saturated heterocycles. The van der Waals surface area contributed by atoms with Gasteiger partial charge >= 0.3 is 0 Å². The summed E-state index contributed by atoms with van der Waals surface area (Å²) in [5.41, 5.74) is 0.825. The molecule has 0 heterocycles. The fourth-order valence-electron chi connectivity index (χ4n) is 1.75. The predicted molar refractivity (Wildman–Crippen MR) is 83.0 cm³/mol. The molecule has 5 nitrogen and oxygen atoms in total. The number of Topliss-reactive ketones (excluding diaryl/α,β-unsaturated/α-hetero) is 1. The highest BCUT2D eigenvalue weighted by Crippen LogP contribution is 2.13. The van der Waals surface area contributed by atoms with Crippen LogP contribution in [0.3, 0.4) is 0 Å². The summed E-state index contributed by atoms with van der Waals surface area (Å²) in [6, 6.07) is 16.8. The minimum Gasteiger partial charge on any atom is -0.390 e. The first-order valence-electron chi connectivity index (χ1n) is 6.57. The van der Waals surface area contributed by atoms with E-state index in [-0.39, 0.29) is 11.5 Å². The molecule has 0 radical (unpaired) electrons. The van der Waals surface area contributed by atoms with E-state index in [4.69, 9.17) is 4.84 Å². The van der Waals surface area contributed by atoms with Gasteiger partial charge in [-0.25, -0.2) is 8.42 Å². The Labute approximate surface area is 129 Å². The van der Waals surface area contributed by atoms with Crippen LogP contribution in [0.5, 0.6) is 0 Å². The third-order valence-corrected chi connectivity index (χ3v) is 4.59. The maximum atomic E-state index is 12.4. The van der Waals surface area contributed by atoms with Gasteiger partial charge in [0.1, 0.15) is 6.61 Å². The molecule has 6 heteroatoms. The molecule has 114 valence electrons. The maximum Gasteiger partial charge on any atom is 0.241 e. The van der Waals surface area contributed by atoms with Crippen molar-refractivity contribution in [1.82, 2.24) is 0 Å². The number of benzene rings is 2. The number of hydrogen-bond donors (Lipinski definition) is 0.